The summed E-state index contributed by atoms with van der Waals surface area (Å²) in [4.78, 5) is 24.7. The van der Waals surface area contributed by atoms with Crippen LogP contribution in [0.15, 0.2) is 78.0 Å². The number of hydrogen-bond acceptors (Lipinski definition) is 5. The van der Waals surface area contributed by atoms with Gasteiger partial charge in [0.15, 0.2) is 11.0 Å². The largest absolute Gasteiger partial charge is 0.325 e. The number of aryl methyl sites for hydroxylation is 1. The molecule has 3 aromatic carbocycles. The smallest absolute Gasteiger partial charge is 0.255 e. The monoisotopic (exact) mass is 491 g/mol. The molecule has 0 aliphatic heterocycles. The van der Waals surface area contributed by atoms with Crippen LogP contribution in [-0.4, -0.2) is 32.3 Å². The van der Waals surface area contributed by atoms with Crippen molar-refractivity contribution in [2.45, 2.75) is 12.1 Å². The van der Waals surface area contributed by atoms with E-state index in [9.17, 15) is 9.59 Å². The van der Waals surface area contributed by atoms with Crippen LogP contribution in [0.5, 0.6) is 0 Å². The number of rotatable bonds is 7. The number of carbonyl (C=O) groups excluding carboxylic acids is 2. The molecule has 2 N–H and O–H groups in total. The van der Waals surface area contributed by atoms with E-state index >= 15 is 0 Å². The van der Waals surface area contributed by atoms with Gasteiger partial charge in [0.25, 0.3) is 5.91 Å². The van der Waals surface area contributed by atoms with Crippen molar-refractivity contribution in [1.29, 1.82) is 0 Å². The number of thioether (sulfide) groups is 1. The number of amides is 2. The Balaban J connectivity index is 1.36. The van der Waals surface area contributed by atoms with Crippen molar-refractivity contribution in [2.75, 3.05) is 16.4 Å². The first-order valence-electron chi connectivity index (χ1n) is 10.5. The number of hydrogen-bond donors (Lipinski definition) is 2. The average Bonchev–Trinajstić information content (AvgIpc) is 3.21. The first-order valence-corrected chi connectivity index (χ1v) is 11.8. The summed E-state index contributed by atoms with van der Waals surface area (Å²) in [5, 5.41) is 15.4. The lowest BCUT2D eigenvalue weighted by Crippen LogP contribution is -2.14. The van der Waals surface area contributed by atoms with E-state index in [4.69, 9.17) is 11.6 Å². The highest BCUT2D eigenvalue weighted by atomic mass is 35.5. The zero-order chi connectivity index (χ0) is 24.1. The molecule has 0 saturated heterocycles. The van der Waals surface area contributed by atoms with Gasteiger partial charge in [0.2, 0.25) is 5.91 Å². The number of halogens is 1. The van der Waals surface area contributed by atoms with Gasteiger partial charge in [-0.25, -0.2) is 0 Å². The average molecular weight is 492 g/mol. The van der Waals surface area contributed by atoms with Gasteiger partial charge in [0.05, 0.1) is 5.75 Å². The maximum atomic E-state index is 12.3. The molecule has 34 heavy (non-hydrogen) atoms. The lowest BCUT2D eigenvalue weighted by atomic mass is 10.1. The second-order valence-electron chi connectivity index (χ2n) is 7.56. The van der Waals surface area contributed by atoms with Gasteiger partial charge in [-0.3, -0.25) is 9.59 Å². The van der Waals surface area contributed by atoms with E-state index in [1.807, 2.05) is 73.1 Å². The molecule has 0 aliphatic rings. The third-order valence-corrected chi connectivity index (χ3v) is 6.49. The molecule has 0 radical (unpaired) electrons. The first-order chi connectivity index (χ1) is 16.4. The molecule has 7 nitrogen and oxygen atoms in total. The van der Waals surface area contributed by atoms with Crippen molar-refractivity contribution in [3.8, 4) is 11.4 Å². The van der Waals surface area contributed by atoms with Crippen LogP contribution in [0.25, 0.3) is 11.4 Å². The Hall–Kier alpha value is -3.62. The number of carbonyl (C=O) groups is 2. The molecule has 0 unspecified atom stereocenters. The molecule has 0 saturated carbocycles. The molecule has 0 bridgehead atoms. The van der Waals surface area contributed by atoms with Crippen LogP contribution in [0.1, 0.15) is 15.9 Å². The van der Waals surface area contributed by atoms with Gasteiger partial charge in [-0.15, -0.1) is 10.2 Å². The summed E-state index contributed by atoms with van der Waals surface area (Å²) in [5.74, 6) is 0.515. The molecule has 0 fully saturated rings. The van der Waals surface area contributed by atoms with Crippen LogP contribution in [0.4, 0.5) is 11.4 Å². The zero-order valence-corrected chi connectivity index (χ0v) is 20.2. The van der Waals surface area contributed by atoms with Gasteiger partial charge in [-0.1, -0.05) is 47.6 Å². The molecular formula is C25H22ClN5O2S. The molecule has 0 spiro atoms. The van der Waals surface area contributed by atoms with Gasteiger partial charge in [-0.2, -0.15) is 0 Å². The SMILES string of the molecule is Cc1ccc(NC(=O)CSc2nnc(-c3ccc(NC(=O)c4ccccc4)cc3)n2C)cc1Cl. The number of benzene rings is 3. The lowest BCUT2D eigenvalue weighted by Gasteiger charge is -2.08. The Bertz CT molecular complexity index is 1320. The fraction of sp³-hybridized carbons (Fsp3) is 0.120. The molecule has 2 amide bonds. The zero-order valence-electron chi connectivity index (χ0n) is 18.6. The first kappa shape index (κ1) is 23.5. The van der Waals surface area contributed by atoms with E-state index in [0.29, 0.717) is 32.9 Å². The number of aromatic nitrogens is 3. The minimum atomic E-state index is -0.170. The van der Waals surface area contributed by atoms with Gasteiger partial charge in [-0.05, 0) is 61.0 Å². The minimum Gasteiger partial charge on any atom is -0.325 e. The van der Waals surface area contributed by atoms with Crippen molar-refractivity contribution in [1.82, 2.24) is 14.8 Å². The number of nitrogens with one attached hydrogen (secondary N) is 2. The van der Waals surface area contributed by atoms with Gasteiger partial charge in [0.1, 0.15) is 0 Å². The summed E-state index contributed by atoms with van der Waals surface area (Å²) >= 11 is 7.41. The molecular weight excluding hydrogens is 470 g/mol. The van der Waals surface area contributed by atoms with Crippen LogP contribution in [0, 0.1) is 6.92 Å². The fourth-order valence-electron chi connectivity index (χ4n) is 3.19. The maximum absolute atomic E-state index is 12.3. The van der Waals surface area contributed by atoms with Crippen LogP contribution < -0.4 is 10.6 Å². The summed E-state index contributed by atoms with van der Waals surface area (Å²) in [6.07, 6.45) is 0. The molecule has 172 valence electrons. The lowest BCUT2D eigenvalue weighted by molar-refractivity contribution is -0.113. The maximum Gasteiger partial charge on any atom is 0.255 e. The summed E-state index contributed by atoms with van der Waals surface area (Å²) in [6, 6.07) is 21.8. The van der Waals surface area contributed by atoms with E-state index in [1.54, 1.807) is 18.2 Å². The molecule has 1 heterocycles. The van der Waals surface area contributed by atoms with Crippen molar-refractivity contribution < 1.29 is 9.59 Å². The predicted octanol–water partition coefficient (Wildman–Crippen LogP) is 5.43. The second-order valence-corrected chi connectivity index (χ2v) is 8.91. The van der Waals surface area contributed by atoms with Crippen LogP contribution in [0.2, 0.25) is 5.02 Å². The highest BCUT2D eigenvalue weighted by molar-refractivity contribution is 7.99. The molecule has 4 aromatic rings. The van der Waals surface area contributed by atoms with Crippen LogP contribution >= 0.6 is 23.4 Å². The van der Waals surface area contributed by atoms with E-state index in [-0.39, 0.29) is 17.6 Å². The normalized spacial score (nSPS) is 10.7. The highest BCUT2D eigenvalue weighted by Gasteiger charge is 2.14. The summed E-state index contributed by atoms with van der Waals surface area (Å²) < 4.78 is 1.83. The molecule has 0 aliphatic carbocycles. The fourth-order valence-corrected chi connectivity index (χ4v) is 4.08. The molecule has 9 heteroatoms. The Morgan fingerprint density at radius 2 is 1.65 bits per heavy atom. The van der Waals surface area contributed by atoms with Gasteiger partial charge in [0, 0.05) is 34.6 Å². The van der Waals surface area contributed by atoms with Gasteiger partial charge < -0.3 is 15.2 Å². The minimum absolute atomic E-state index is 0.159. The van der Waals surface area contributed by atoms with Crippen LogP contribution in [-0.2, 0) is 11.8 Å². The molecule has 4 rings (SSSR count). The molecule has 0 atom stereocenters. The number of nitrogens with zero attached hydrogens (tertiary/aromatic N) is 3. The van der Waals surface area contributed by atoms with Crippen molar-refractivity contribution in [2.24, 2.45) is 7.05 Å². The van der Waals surface area contributed by atoms with Crippen molar-refractivity contribution >= 4 is 46.6 Å². The Kier molecular flexibility index (Phi) is 7.30. The Morgan fingerprint density at radius 1 is 0.941 bits per heavy atom. The third kappa shape index (κ3) is 5.65. The summed E-state index contributed by atoms with van der Waals surface area (Å²) in [5.41, 5.74) is 3.73. The topological polar surface area (TPSA) is 88.9 Å². The van der Waals surface area contributed by atoms with Crippen LogP contribution in [0.3, 0.4) is 0 Å². The quantitative estimate of drug-likeness (QED) is 0.337. The third-order valence-electron chi connectivity index (χ3n) is 5.06. The Labute approximate surface area is 206 Å². The van der Waals surface area contributed by atoms with E-state index in [2.05, 4.69) is 20.8 Å². The highest BCUT2D eigenvalue weighted by Crippen LogP contribution is 2.25. The van der Waals surface area contributed by atoms with E-state index in [0.717, 1.165) is 11.1 Å². The van der Waals surface area contributed by atoms with Crippen molar-refractivity contribution in [3.63, 3.8) is 0 Å². The van der Waals surface area contributed by atoms with E-state index in [1.165, 1.54) is 11.8 Å². The molecule has 1 aromatic heterocycles. The summed E-state index contributed by atoms with van der Waals surface area (Å²) in [7, 11) is 1.85. The van der Waals surface area contributed by atoms with Gasteiger partial charge >= 0.3 is 0 Å². The standard InChI is InChI=1S/C25H22ClN5O2S/c1-16-8-11-20(14-21(16)26)27-22(32)15-34-25-30-29-23(31(25)2)17-9-12-19(13-10-17)28-24(33)18-6-4-3-5-7-18/h3-14H,15H2,1-2H3,(H,27,32)(H,28,33). The second kappa shape index (κ2) is 10.5. The van der Waals surface area contributed by atoms with E-state index < -0.39 is 0 Å². The Morgan fingerprint density at radius 3 is 2.35 bits per heavy atom. The summed E-state index contributed by atoms with van der Waals surface area (Å²) in [6.45, 7) is 1.91. The predicted molar refractivity (Wildman–Crippen MR) is 136 cm³/mol. The van der Waals surface area contributed by atoms with Crippen molar-refractivity contribution in [3.05, 3.63) is 88.9 Å². The number of anilines is 2.